The number of aliphatic carboxylic acids is 1. The summed E-state index contributed by atoms with van der Waals surface area (Å²) in [6.07, 6.45) is 0.0456. The zero-order valence-electron chi connectivity index (χ0n) is 11.0. The predicted octanol–water partition coefficient (Wildman–Crippen LogP) is 3.26. The lowest BCUT2D eigenvalue weighted by molar-refractivity contribution is -0.136. The fourth-order valence-corrected chi connectivity index (χ4v) is 2.24. The lowest BCUT2D eigenvalue weighted by atomic mass is 10.0. The van der Waals surface area contributed by atoms with Crippen molar-refractivity contribution >= 4 is 17.6 Å². The van der Waals surface area contributed by atoms with Gasteiger partial charge >= 0.3 is 5.97 Å². The van der Waals surface area contributed by atoms with Crippen LogP contribution >= 0.6 is 11.6 Å². The molecule has 2 aromatic rings. The average Bonchev–Trinajstić information content (AvgIpc) is 2.42. The van der Waals surface area contributed by atoms with Crippen LogP contribution in [0, 0.1) is 0 Å². The van der Waals surface area contributed by atoms with Crippen LogP contribution < -0.4 is 5.32 Å². The Morgan fingerprint density at radius 2 is 1.50 bits per heavy atom. The first-order valence-electron chi connectivity index (χ1n) is 6.39. The Bertz CT molecular complexity index is 599. The molecule has 0 fully saturated rings. The number of benzene rings is 2. The van der Waals surface area contributed by atoms with Crippen LogP contribution in [-0.2, 0) is 24.3 Å². The molecule has 0 bridgehead atoms. The first kappa shape index (κ1) is 14.6. The summed E-state index contributed by atoms with van der Waals surface area (Å²) in [7, 11) is 0. The Kier molecular flexibility index (Phi) is 5.16. The topological polar surface area (TPSA) is 49.3 Å². The van der Waals surface area contributed by atoms with Crippen LogP contribution in [0.2, 0.25) is 5.02 Å². The molecule has 0 heterocycles. The summed E-state index contributed by atoms with van der Waals surface area (Å²) < 4.78 is 0. The Hall–Kier alpha value is -1.84. The van der Waals surface area contributed by atoms with Gasteiger partial charge in [-0.1, -0.05) is 54.1 Å². The molecule has 2 aromatic carbocycles. The zero-order chi connectivity index (χ0) is 14.4. The van der Waals surface area contributed by atoms with Crippen LogP contribution in [0.25, 0.3) is 0 Å². The molecular weight excluding hydrogens is 274 g/mol. The fraction of sp³-hybridized carbons (Fsp3) is 0.188. The largest absolute Gasteiger partial charge is 0.481 e. The van der Waals surface area contributed by atoms with E-state index in [-0.39, 0.29) is 6.42 Å². The van der Waals surface area contributed by atoms with Gasteiger partial charge in [0.25, 0.3) is 0 Å². The lowest BCUT2D eigenvalue weighted by Crippen LogP contribution is -2.15. The van der Waals surface area contributed by atoms with Crippen molar-refractivity contribution in [2.75, 3.05) is 0 Å². The molecule has 0 saturated carbocycles. The first-order chi connectivity index (χ1) is 9.66. The first-order valence-corrected chi connectivity index (χ1v) is 6.77. The smallest absolute Gasteiger partial charge is 0.307 e. The van der Waals surface area contributed by atoms with E-state index in [0.717, 1.165) is 21.7 Å². The van der Waals surface area contributed by atoms with Gasteiger partial charge in [-0.05, 0) is 22.8 Å². The summed E-state index contributed by atoms with van der Waals surface area (Å²) in [6, 6.07) is 15.2. The Labute approximate surface area is 123 Å². The SMILES string of the molecule is O=C(O)Cc1ccccc1CNCc1ccccc1Cl. The monoisotopic (exact) mass is 289 g/mol. The Balaban J connectivity index is 1.97. The standard InChI is InChI=1S/C16H16ClNO2/c17-15-8-4-3-7-14(15)11-18-10-13-6-2-1-5-12(13)9-16(19)20/h1-8,18H,9-11H2,(H,19,20). The van der Waals surface area contributed by atoms with Crippen LogP contribution in [0.5, 0.6) is 0 Å². The summed E-state index contributed by atoms with van der Waals surface area (Å²) >= 11 is 6.09. The third kappa shape index (κ3) is 4.08. The molecule has 4 heteroatoms. The summed E-state index contributed by atoms with van der Waals surface area (Å²) in [5.74, 6) is -0.816. The quantitative estimate of drug-likeness (QED) is 0.858. The van der Waals surface area contributed by atoms with Gasteiger partial charge in [0.05, 0.1) is 6.42 Å². The highest BCUT2D eigenvalue weighted by Gasteiger charge is 2.06. The van der Waals surface area contributed by atoms with E-state index in [1.807, 2.05) is 48.5 Å². The van der Waals surface area contributed by atoms with Crippen molar-refractivity contribution in [3.63, 3.8) is 0 Å². The maximum absolute atomic E-state index is 10.8. The number of hydrogen-bond donors (Lipinski definition) is 2. The summed E-state index contributed by atoms with van der Waals surface area (Å²) in [6.45, 7) is 1.27. The van der Waals surface area contributed by atoms with Crippen molar-refractivity contribution in [1.82, 2.24) is 5.32 Å². The molecule has 0 spiro atoms. The third-order valence-corrected chi connectivity index (χ3v) is 3.42. The highest BCUT2D eigenvalue weighted by molar-refractivity contribution is 6.31. The number of carboxylic acid groups (broad SMARTS) is 1. The molecule has 0 atom stereocenters. The van der Waals surface area contributed by atoms with Gasteiger partial charge in [-0.2, -0.15) is 0 Å². The van der Waals surface area contributed by atoms with Crippen molar-refractivity contribution in [2.45, 2.75) is 19.5 Å². The number of carbonyl (C=O) groups is 1. The van der Waals surface area contributed by atoms with E-state index in [0.29, 0.717) is 13.1 Å². The van der Waals surface area contributed by atoms with Crippen LogP contribution in [0.3, 0.4) is 0 Å². The minimum atomic E-state index is -0.816. The highest BCUT2D eigenvalue weighted by Crippen LogP contribution is 2.15. The maximum Gasteiger partial charge on any atom is 0.307 e. The van der Waals surface area contributed by atoms with Gasteiger partial charge in [0, 0.05) is 18.1 Å². The average molecular weight is 290 g/mol. The molecule has 2 rings (SSSR count). The molecule has 3 nitrogen and oxygen atoms in total. The molecule has 0 aromatic heterocycles. The minimum Gasteiger partial charge on any atom is -0.481 e. The van der Waals surface area contributed by atoms with Gasteiger partial charge in [0.2, 0.25) is 0 Å². The van der Waals surface area contributed by atoms with E-state index >= 15 is 0 Å². The maximum atomic E-state index is 10.8. The van der Waals surface area contributed by atoms with E-state index in [1.54, 1.807) is 0 Å². The van der Waals surface area contributed by atoms with E-state index in [2.05, 4.69) is 5.32 Å². The van der Waals surface area contributed by atoms with Crippen LogP contribution in [0.15, 0.2) is 48.5 Å². The zero-order valence-corrected chi connectivity index (χ0v) is 11.7. The predicted molar refractivity (Wildman–Crippen MR) is 79.8 cm³/mol. The van der Waals surface area contributed by atoms with Crippen LogP contribution in [0.1, 0.15) is 16.7 Å². The molecule has 0 saturated heterocycles. The van der Waals surface area contributed by atoms with Gasteiger partial charge in [0.15, 0.2) is 0 Å². The molecule has 0 aliphatic carbocycles. The third-order valence-electron chi connectivity index (χ3n) is 3.05. The van der Waals surface area contributed by atoms with Gasteiger partial charge in [-0.15, -0.1) is 0 Å². The molecule has 104 valence electrons. The Morgan fingerprint density at radius 3 is 2.15 bits per heavy atom. The number of carboxylic acids is 1. The number of hydrogen-bond acceptors (Lipinski definition) is 2. The highest BCUT2D eigenvalue weighted by atomic mass is 35.5. The number of halogens is 1. The number of rotatable bonds is 6. The van der Waals surface area contributed by atoms with E-state index < -0.39 is 5.97 Å². The van der Waals surface area contributed by atoms with Crippen molar-refractivity contribution in [1.29, 1.82) is 0 Å². The van der Waals surface area contributed by atoms with Crippen LogP contribution in [0.4, 0.5) is 0 Å². The van der Waals surface area contributed by atoms with Gasteiger partial charge < -0.3 is 10.4 Å². The van der Waals surface area contributed by atoms with Gasteiger partial charge in [-0.25, -0.2) is 0 Å². The Morgan fingerprint density at radius 1 is 0.950 bits per heavy atom. The molecule has 0 aliphatic heterocycles. The summed E-state index contributed by atoms with van der Waals surface area (Å²) in [5, 5.41) is 12.9. The summed E-state index contributed by atoms with van der Waals surface area (Å²) in [5.41, 5.74) is 2.87. The van der Waals surface area contributed by atoms with Crippen LogP contribution in [-0.4, -0.2) is 11.1 Å². The molecule has 0 unspecified atom stereocenters. The van der Waals surface area contributed by atoms with Crippen molar-refractivity contribution in [3.05, 3.63) is 70.2 Å². The molecule has 0 aliphatic rings. The number of nitrogens with one attached hydrogen (secondary N) is 1. The minimum absolute atomic E-state index is 0.0456. The lowest BCUT2D eigenvalue weighted by Gasteiger charge is -2.10. The summed E-state index contributed by atoms with van der Waals surface area (Å²) in [4.78, 5) is 10.8. The van der Waals surface area contributed by atoms with E-state index in [1.165, 1.54) is 0 Å². The second-order valence-electron chi connectivity index (χ2n) is 4.53. The molecule has 0 radical (unpaired) electrons. The molecule has 0 amide bonds. The fourth-order valence-electron chi connectivity index (χ4n) is 2.04. The van der Waals surface area contributed by atoms with Crippen molar-refractivity contribution in [2.24, 2.45) is 0 Å². The normalized spacial score (nSPS) is 10.4. The van der Waals surface area contributed by atoms with E-state index in [9.17, 15) is 4.79 Å². The van der Waals surface area contributed by atoms with Gasteiger partial charge in [0.1, 0.15) is 0 Å². The van der Waals surface area contributed by atoms with Crippen molar-refractivity contribution in [3.8, 4) is 0 Å². The van der Waals surface area contributed by atoms with Crippen molar-refractivity contribution < 1.29 is 9.90 Å². The second-order valence-corrected chi connectivity index (χ2v) is 4.94. The molecule has 2 N–H and O–H groups in total. The van der Waals surface area contributed by atoms with E-state index in [4.69, 9.17) is 16.7 Å². The van der Waals surface area contributed by atoms with Gasteiger partial charge in [-0.3, -0.25) is 4.79 Å². The molecule has 20 heavy (non-hydrogen) atoms. The second kappa shape index (κ2) is 7.08. The molecular formula is C16H16ClNO2.